The van der Waals surface area contributed by atoms with E-state index in [1.165, 1.54) is 35.5 Å². The summed E-state index contributed by atoms with van der Waals surface area (Å²) in [5, 5.41) is 2.73. The molecule has 0 bridgehead atoms. The number of hydrogen-bond acceptors (Lipinski definition) is 5. The minimum atomic E-state index is -3.66. The predicted molar refractivity (Wildman–Crippen MR) is 114 cm³/mol. The Morgan fingerprint density at radius 2 is 1.73 bits per heavy atom. The first-order chi connectivity index (χ1) is 14.3. The maximum atomic E-state index is 12.8. The van der Waals surface area contributed by atoms with Crippen LogP contribution in [0.5, 0.6) is 0 Å². The molecule has 8 heteroatoms. The van der Waals surface area contributed by atoms with Gasteiger partial charge in [0, 0.05) is 18.8 Å². The molecule has 7 nitrogen and oxygen atoms in total. The van der Waals surface area contributed by atoms with Crippen LogP contribution in [-0.4, -0.2) is 43.8 Å². The lowest BCUT2D eigenvalue weighted by Crippen LogP contribution is -2.35. The third-order valence-electron chi connectivity index (χ3n) is 5.08. The Balaban J connectivity index is 1.69. The van der Waals surface area contributed by atoms with Gasteiger partial charge in [-0.2, -0.15) is 4.31 Å². The average Bonchev–Trinajstić information content (AvgIpc) is 2.76. The topological polar surface area (TPSA) is 92.8 Å². The number of sulfonamides is 1. The maximum absolute atomic E-state index is 12.8. The number of para-hydroxylation sites is 1. The molecule has 1 aliphatic heterocycles. The molecule has 1 N–H and O–H groups in total. The van der Waals surface area contributed by atoms with Crippen LogP contribution in [0, 0.1) is 6.92 Å². The highest BCUT2D eigenvalue weighted by atomic mass is 32.2. The standard InChI is InChI=1S/C22H26N2O5S/c1-16-9-4-5-12-20(16)23-21(25)17(2)29-22(26)18-10-8-11-19(15-18)30(27,28)24-13-6-3-7-14-24/h4-5,8-12,15,17H,3,6-7,13-14H2,1-2H3,(H,23,25)/t17-/m1/s1. The number of carbonyl (C=O) groups excluding carboxylic acids is 2. The first kappa shape index (κ1) is 22.0. The summed E-state index contributed by atoms with van der Waals surface area (Å²) in [7, 11) is -3.66. The molecular formula is C22H26N2O5S. The number of carbonyl (C=O) groups is 2. The molecule has 1 aliphatic rings. The minimum Gasteiger partial charge on any atom is -0.449 e. The van der Waals surface area contributed by atoms with Gasteiger partial charge in [0.05, 0.1) is 10.5 Å². The van der Waals surface area contributed by atoms with Crippen molar-refractivity contribution in [2.45, 2.75) is 44.1 Å². The van der Waals surface area contributed by atoms with E-state index < -0.39 is 28.0 Å². The van der Waals surface area contributed by atoms with Crippen molar-refractivity contribution in [3.05, 3.63) is 59.7 Å². The first-order valence-electron chi connectivity index (χ1n) is 9.97. The number of anilines is 1. The van der Waals surface area contributed by atoms with Gasteiger partial charge in [-0.05, 0) is 56.5 Å². The Morgan fingerprint density at radius 1 is 1.03 bits per heavy atom. The average molecular weight is 431 g/mol. The van der Waals surface area contributed by atoms with E-state index in [-0.39, 0.29) is 10.5 Å². The fourth-order valence-electron chi connectivity index (χ4n) is 3.27. The maximum Gasteiger partial charge on any atom is 0.338 e. The molecule has 1 amide bonds. The van der Waals surface area contributed by atoms with Crippen molar-refractivity contribution in [3.8, 4) is 0 Å². The first-order valence-corrected chi connectivity index (χ1v) is 11.4. The van der Waals surface area contributed by atoms with Crippen LogP contribution in [0.25, 0.3) is 0 Å². The molecule has 0 aromatic heterocycles. The van der Waals surface area contributed by atoms with E-state index in [0.717, 1.165) is 24.8 Å². The van der Waals surface area contributed by atoms with E-state index in [2.05, 4.69) is 5.32 Å². The highest BCUT2D eigenvalue weighted by molar-refractivity contribution is 7.89. The molecule has 0 aliphatic carbocycles. The van der Waals surface area contributed by atoms with Gasteiger partial charge in [0.15, 0.2) is 6.10 Å². The number of aryl methyl sites for hydroxylation is 1. The predicted octanol–water partition coefficient (Wildman–Crippen LogP) is 3.35. The van der Waals surface area contributed by atoms with Gasteiger partial charge in [-0.1, -0.05) is 30.7 Å². The van der Waals surface area contributed by atoms with Crippen molar-refractivity contribution < 1.29 is 22.7 Å². The van der Waals surface area contributed by atoms with Gasteiger partial charge in [-0.25, -0.2) is 13.2 Å². The van der Waals surface area contributed by atoms with Gasteiger partial charge < -0.3 is 10.1 Å². The van der Waals surface area contributed by atoms with Crippen LogP contribution in [0.3, 0.4) is 0 Å². The summed E-state index contributed by atoms with van der Waals surface area (Å²) in [6.07, 6.45) is 1.63. The minimum absolute atomic E-state index is 0.0517. The van der Waals surface area contributed by atoms with Gasteiger partial charge in [0.25, 0.3) is 5.91 Å². The molecule has 0 saturated carbocycles. The summed E-state index contributed by atoms with van der Waals surface area (Å²) in [5.41, 5.74) is 1.61. The lowest BCUT2D eigenvalue weighted by Gasteiger charge is -2.26. The van der Waals surface area contributed by atoms with Gasteiger partial charge >= 0.3 is 5.97 Å². The van der Waals surface area contributed by atoms with Gasteiger partial charge in [-0.3, -0.25) is 4.79 Å². The molecule has 0 radical (unpaired) electrons. The van der Waals surface area contributed by atoms with Gasteiger partial charge in [0.1, 0.15) is 0 Å². The van der Waals surface area contributed by atoms with Crippen molar-refractivity contribution in [1.29, 1.82) is 0 Å². The number of ether oxygens (including phenoxy) is 1. The number of esters is 1. The largest absolute Gasteiger partial charge is 0.449 e. The van der Waals surface area contributed by atoms with E-state index in [4.69, 9.17) is 4.74 Å². The van der Waals surface area contributed by atoms with E-state index in [9.17, 15) is 18.0 Å². The molecular weight excluding hydrogens is 404 g/mol. The summed E-state index contributed by atoms with van der Waals surface area (Å²) in [6, 6.07) is 13.0. The van der Waals surface area contributed by atoms with Crippen LogP contribution in [0.4, 0.5) is 5.69 Å². The lowest BCUT2D eigenvalue weighted by atomic mass is 10.2. The van der Waals surface area contributed by atoms with Gasteiger partial charge in [-0.15, -0.1) is 0 Å². The summed E-state index contributed by atoms with van der Waals surface area (Å²) < 4.78 is 32.4. The summed E-state index contributed by atoms with van der Waals surface area (Å²) >= 11 is 0. The number of amides is 1. The Kier molecular flexibility index (Phi) is 6.89. The van der Waals surface area contributed by atoms with Crippen LogP contribution < -0.4 is 5.32 Å². The Hall–Kier alpha value is -2.71. The van der Waals surface area contributed by atoms with Crippen LogP contribution in [0.1, 0.15) is 42.1 Å². The van der Waals surface area contributed by atoms with Crippen LogP contribution >= 0.6 is 0 Å². The smallest absolute Gasteiger partial charge is 0.338 e. The fourth-order valence-corrected chi connectivity index (χ4v) is 4.83. The molecule has 0 spiro atoms. The zero-order valence-electron chi connectivity index (χ0n) is 17.1. The highest BCUT2D eigenvalue weighted by Gasteiger charge is 2.27. The third-order valence-corrected chi connectivity index (χ3v) is 6.97. The van der Waals surface area contributed by atoms with Crippen LogP contribution in [-0.2, 0) is 19.6 Å². The second-order valence-corrected chi connectivity index (χ2v) is 9.28. The second-order valence-electron chi connectivity index (χ2n) is 7.34. The number of benzene rings is 2. The molecule has 2 aromatic carbocycles. The van der Waals surface area contributed by atoms with Crippen molar-refractivity contribution in [3.63, 3.8) is 0 Å². The summed E-state index contributed by atoms with van der Waals surface area (Å²) in [4.78, 5) is 24.9. The van der Waals surface area contributed by atoms with Gasteiger partial charge in [0.2, 0.25) is 10.0 Å². The molecule has 1 saturated heterocycles. The Bertz CT molecular complexity index is 1030. The summed E-state index contributed by atoms with van der Waals surface area (Å²) in [6.45, 7) is 4.29. The second kappa shape index (κ2) is 9.40. The van der Waals surface area contributed by atoms with E-state index in [1.54, 1.807) is 12.1 Å². The lowest BCUT2D eigenvalue weighted by molar-refractivity contribution is -0.123. The Labute approximate surface area is 177 Å². The van der Waals surface area contributed by atoms with Crippen molar-refractivity contribution >= 4 is 27.6 Å². The molecule has 3 rings (SSSR count). The van der Waals surface area contributed by atoms with Crippen LogP contribution in [0.15, 0.2) is 53.4 Å². The van der Waals surface area contributed by atoms with E-state index in [0.29, 0.717) is 18.8 Å². The molecule has 30 heavy (non-hydrogen) atoms. The molecule has 1 heterocycles. The number of rotatable bonds is 6. The number of piperidine rings is 1. The normalized spacial score (nSPS) is 15.9. The third kappa shape index (κ3) is 5.06. The fraction of sp³-hybridized carbons (Fsp3) is 0.364. The SMILES string of the molecule is Cc1ccccc1NC(=O)[C@@H](C)OC(=O)c1cccc(S(=O)(=O)N2CCCCC2)c1. The zero-order chi connectivity index (χ0) is 21.7. The van der Waals surface area contributed by atoms with E-state index >= 15 is 0 Å². The van der Waals surface area contributed by atoms with Crippen molar-refractivity contribution in [1.82, 2.24) is 4.31 Å². The van der Waals surface area contributed by atoms with Crippen LogP contribution in [0.2, 0.25) is 0 Å². The molecule has 0 unspecified atom stereocenters. The van der Waals surface area contributed by atoms with Crippen molar-refractivity contribution in [2.75, 3.05) is 18.4 Å². The van der Waals surface area contributed by atoms with E-state index in [1.807, 2.05) is 19.1 Å². The zero-order valence-corrected chi connectivity index (χ0v) is 17.9. The summed E-state index contributed by atoms with van der Waals surface area (Å²) in [5.74, 6) is -1.21. The highest BCUT2D eigenvalue weighted by Crippen LogP contribution is 2.22. The Morgan fingerprint density at radius 3 is 2.43 bits per heavy atom. The molecule has 2 aromatic rings. The number of nitrogens with one attached hydrogen (secondary N) is 1. The monoisotopic (exact) mass is 430 g/mol. The van der Waals surface area contributed by atoms with Crippen molar-refractivity contribution in [2.24, 2.45) is 0 Å². The molecule has 1 fully saturated rings. The number of nitrogens with zero attached hydrogens (tertiary/aromatic N) is 1. The number of hydrogen-bond donors (Lipinski definition) is 1. The molecule has 160 valence electrons. The molecule has 1 atom stereocenters. The quantitative estimate of drug-likeness (QED) is 0.710.